The van der Waals surface area contributed by atoms with Crippen molar-refractivity contribution < 1.29 is 9.59 Å². The second kappa shape index (κ2) is 8.10. The number of benzene rings is 1. The summed E-state index contributed by atoms with van der Waals surface area (Å²) in [7, 11) is 0. The topological polar surface area (TPSA) is 84.3 Å². The molecule has 1 aliphatic rings. The van der Waals surface area contributed by atoms with Gasteiger partial charge in [-0.05, 0) is 49.2 Å². The Labute approximate surface area is 167 Å². The lowest BCUT2D eigenvalue weighted by molar-refractivity contribution is -0.121. The third-order valence-electron chi connectivity index (χ3n) is 5.11. The molecule has 3 aromatic rings. The van der Waals surface area contributed by atoms with Gasteiger partial charge in [-0.3, -0.25) is 19.0 Å². The number of rotatable bonds is 5. The van der Waals surface area contributed by atoms with Gasteiger partial charge < -0.3 is 10.2 Å². The molecule has 3 heterocycles. The van der Waals surface area contributed by atoms with Gasteiger partial charge in [0.2, 0.25) is 12.3 Å². The maximum absolute atomic E-state index is 13.2. The highest BCUT2D eigenvalue weighted by atomic mass is 16.2. The second-order valence-corrected chi connectivity index (χ2v) is 6.81. The summed E-state index contributed by atoms with van der Waals surface area (Å²) in [5.74, 6) is 0.0284. The number of carbonyl (C=O) groups is 2. The van der Waals surface area contributed by atoms with E-state index in [4.69, 9.17) is 0 Å². The molecule has 2 aromatic heterocycles. The lowest BCUT2D eigenvalue weighted by Crippen LogP contribution is -2.40. The summed E-state index contributed by atoms with van der Waals surface area (Å²) in [4.78, 5) is 42.0. The number of nitrogens with one attached hydrogen (secondary N) is 1. The fraction of sp³-hybridized carbons (Fsp3) is 0.182. The molecule has 1 aromatic carbocycles. The SMILES string of the molecule is O=CNc1ncccc1C1CCCN(c2ccc(-n3ccccc3=O)cc2)C1=O. The smallest absolute Gasteiger partial charge is 0.255 e. The van der Waals surface area contributed by atoms with Crippen molar-refractivity contribution in [1.29, 1.82) is 0 Å². The van der Waals surface area contributed by atoms with Gasteiger partial charge in [0.25, 0.3) is 5.56 Å². The minimum atomic E-state index is -0.365. The van der Waals surface area contributed by atoms with Crippen LogP contribution in [0, 0.1) is 0 Å². The fourth-order valence-corrected chi connectivity index (χ4v) is 3.73. The monoisotopic (exact) mass is 388 g/mol. The van der Waals surface area contributed by atoms with Gasteiger partial charge in [-0.2, -0.15) is 0 Å². The average Bonchev–Trinajstić information content (AvgIpc) is 2.75. The lowest BCUT2D eigenvalue weighted by atomic mass is 9.89. The molecule has 1 fully saturated rings. The number of pyridine rings is 2. The first-order chi connectivity index (χ1) is 14.2. The number of piperidine rings is 1. The zero-order valence-corrected chi connectivity index (χ0v) is 15.7. The molecule has 0 saturated carbocycles. The number of anilines is 2. The second-order valence-electron chi connectivity index (χ2n) is 6.81. The van der Waals surface area contributed by atoms with Gasteiger partial charge in [0, 0.05) is 41.9 Å². The van der Waals surface area contributed by atoms with Crippen molar-refractivity contribution in [2.75, 3.05) is 16.8 Å². The Morgan fingerprint density at radius 2 is 1.79 bits per heavy atom. The van der Waals surface area contributed by atoms with Crippen LogP contribution in [0.25, 0.3) is 5.69 Å². The van der Waals surface area contributed by atoms with Crippen LogP contribution in [-0.4, -0.2) is 28.4 Å². The van der Waals surface area contributed by atoms with Gasteiger partial charge in [0.05, 0.1) is 5.92 Å². The largest absolute Gasteiger partial charge is 0.313 e. The van der Waals surface area contributed by atoms with Gasteiger partial charge in [0.15, 0.2) is 0 Å². The summed E-state index contributed by atoms with van der Waals surface area (Å²) < 4.78 is 1.55. The van der Waals surface area contributed by atoms with Crippen LogP contribution in [0.15, 0.2) is 71.8 Å². The molecular weight excluding hydrogens is 368 g/mol. The lowest BCUT2D eigenvalue weighted by Gasteiger charge is -2.33. The maximum atomic E-state index is 13.2. The number of hydrogen-bond donors (Lipinski definition) is 1. The Bertz CT molecular complexity index is 1090. The molecule has 4 rings (SSSR count). The highest BCUT2D eigenvalue weighted by molar-refractivity contribution is 5.99. The van der Waals surface area contributed by atoms with Crippen molar-refractivity contribution in [3.63, 3.8) is 0 Å². The molecule has 0 radical (unpaired) electrons. The summed E-state index contributed by atoms with van der Waals surface area (Å²) in [6.45, 7) is 0.622. The molecule has 1 N–H and O–H groups in total. The molecule has 29 heavy (non-hydrogen) atoms. The molecular formula is C22H20N4O3. The molecule has 0 spiro atoms. The van der Waals surface area contributed by atoms with E-state index in [0.29, 0.717) is 25.2 Å². The van der Waals surface area contributed by atoms with E-state index in [9.17, 15) is 14.4 Å². The Kier molecular flexibility index (Phi) is 5.20. The van der Waals surface area contributed by atoms with Crippen LogP contribution in [0.2, 0.25) is 0 Å². The van der Waals surface area contributed by atoms with Gasteiger partial charge >= 0.3 is 0 Å². The van der Waals surface area contributed by atoms with E-state index in [0.717, 1.165) is 23.4 Å². The van der Waals surface area contributed by atoms with E-state index in [-0.39, 0.29) is 17.4 Å². The van der Waals surface area contributed by atoms with E-state index in [2.05, 4.69) is 10.3 Å². The molecule has 146 valence electrons. The number of aromatic nitrogens is 2. The Hall–Kier alpha value is -3.74. The zero-order valence-electron chi connectivity index (χ0n) is 15.7. The minimum Gasteiger partial charge on any atom is -0.313 e. The quantitative estimate of drug-likeness (QED) is 0.681. The molecule has 1 atom stereocenters. The van der Waals surface area contributed by atoms with Crippen LogP contribution in [0.4, 0.5) is 11.5 Å². The fourth-order valence-electron chi connectivity index (χ4n) is 3.73. The first-order valence-electron chi connectivity index (χ1n) is 9.43. The Balaban J connectivity index is 1.61. The van der Waals surface area contributed by atoms with E-state index in [1.807, 2.05) is 30.3 Å². The van der Waals surface area contributed by atoms with Gasteiger partial charge in [-0.1, -0.05) is 12.1 Å². The van der Waals surface area contributed by atoms with Gasteiger partial charge in [-0.25, -0.2) is 4.98 Å². The summed E-state index contributed by atoms with van der Waals surface area (Å²) in [6, 6.07) is 16.0. The Morgan fingerprint density at radius 1 is 1.00 bits per heavy atom. The predicted molar refractivity (Wildman–Crippen MR) is 110 cm³/mol. The number of carbonyl (C=O) groups excluding carboxylic acids is 2. The van der Waals surface area contributed by atoms with Crippen molar-refractivity contribution in [3.05, 3.63) is 82.9 Å². The normalized spacial score (nSPS) is 16.5. The minimum absolute atomic E-state index is 0.0252. The predicted octanol–water partition coefficient (Wildman–Crippen LogP) is 2.71. The molecule has 1 saturated heterocycles. The summed E-state index contributed by atoms with van der Waals surface area (Å²) in [5, 5.41) is 2.58. The van der Waals surface area contributed by atoms with E-state index < -0.39 is 0 Å². The van der Waals surface area contributed by atoms with Crippen LogP contribution in [0.3, 0.4) is 0 Å². The van der Waals surface area contributed by atoms with Crippen molar-refractivity contribution in [1.82, 2.24) is 9.55 Å². The summed E-state index contributed by atoms with van der Waals surface area (Å²) in [5.41, 5.74) is 2.13. The molecule has 1 aliphatic heterocycles. The van der Waals surface area contributed by atoms with Crippen molar-refractivity contribution >= 4 is 23.8 Å². The van der Waals surface area contributed by atoms with Crippen molar-refractivity contribution in [2.45, 2.75) is 18.8 Å². The maximum Gasteiger partial charge on any atom is 0.255 e. The van der Waals surface area contributed by atoms with E-state index >= 15 is 0 Å². The first-order valence-corrected chi connectivity index (χ1v) is 9.43. The van der Waals surface area contributed by atoms with E-state index in [1.54, 1.807) is 40.1 Å². The van der Waals surface area contributed by atoms with Crippen LogP contribution in [-0.2, 0) is 9.59 Å². The molecule has 0 bridgehead atoms. The summed E-state index contributed by atoms with van der Waals surface area (Å²) in [6.07, 6.45) is 5.41. The Morgan fingerprint density at radius 3 is 2.55 bits per heavy atom. The number of nitrogens with zero attached hydrogens (tertiary/aromatic N) is 3. The third kappa shape index (κ3) is 3.67. The number of hydrogen-bond acceptors (Lipinski definition) is 4. The van der Waals surface area contributed by atoms with Crippen molar-refractivity contribution in [3.8, 4) is 5.69 Å². The van der Waals surface area contributed by atoms with Gasteiger partial charge in [-0.15, -0.1) is 0 Å². The third-order valence-corrected chi connectivity index (χ3v) is 5.11. The molecule has 1 unspecified atom stereocenters. The van der Waals surface area contributed by atoms with Crippen molar-refractivity contribution in [2.24, 2.45) is 0 Å². The average molecular weight is 388 g/mol. The first kappa shape index (κ1) is 18.6. The molecule has 7 heteroatoms. The standard InChI is InChI=1S/C22H20N4O3/c27-15-24-21-18(5-3-12-23-21)19-6-4-14-26(22(19)29)17-10-8-16(9-11-17)25-13-2-1-7-20(25)28/h1-3,5,7-13,15,19H,4,6,14H2,(H,23,24,27). The van der Waals surface area contributed by atoms with Crippen LogP contribution >= 0.6 is 0 Å². The molecule has 2 amide bonds. The zero-order chi connectivity index (χ0) is 20.2. The van der Waals surface area contributed by atoms with Crippen LogP contribution in [0.1, 0.15) is 24.3 Å². The molecule has 0 aliphatic carbocycles. The summed E-state index contributed by atoms with van der Waals surface area (Å²) >= 11 is 0. The van der Waals surface area contributed by atoms with Crippen LogP contribution < -0.4 is 15.8 Å². The van der Waals surface area contributed by atoms with E-state index in [1.165, 1.54) is 6.07 Å². The molecule has 7 nitrogen and oxygen atoms in total. The highest BCUT2D eigenvalue weighted by Crippen LogP contribution is 2.34. The number of amides is 2. The highest BCUT2D eigenvalue weighted by Gasteiger charge is 2.32. The van der Waals surface area contributed by atoms with Gasteiger partial charge in [0.1, 0.15) is 5.82 Å². The van der Waals surface area contributed by atoms with Crippen LogP contribution in [0.5, 0.6) is 0 Å².